The first-order valence-electron chi connectivity index (χ1n) is 7.25. The Morgan fingerprint density at radius 2 is 1.47 bits per heavy atom. The van der Waals surface area contributed by atoms with E-state index in [9.17, 15) is 13.9 Å². The van der Waals surface area contributed by atoms with Crippen molar-refractivity contribution in [2.45, 2.75) is 0 Å². The van der Waals surface area contributed by atoms with E-state index in [1.165, 1.54) is 6.07 Å². The SMILES string of the molecule is N.N.N.N.O=c1[nH]c(-c2ccc(OP(=O)(O)O)cc2OP(=O)(O)O)nc2ccc([127I])cc12. The molecule has 0 aliphatic rings. The summed E-state index contributed by atoms with van der Waals surface area (Å²) in [5.74, 6) is -0.963. The zero-order valence-corrected chi connectivity index (χ0v) is 20.3. The van der Waals surface area contributed by atoms with Crippen LogP contribution in [0.25, 0.3) is 22.3 Å². The number of rotatable bonds is 5. The van der Waals surface area contributed by atoms with Gasteiger partial charge in [-0.25, -0.2) is 14.1 Å². The zero-order chi connectivity index (χ0) is 20.7. The lowest BCUT2D eigenvalue weighted by Gasteiger charge is -2.14. The number of aromatic amines is 1. The van der Waals surface area contributed by atoms with Gasteiger partial charge in [0.2, 0.25) is 0 Å². The second-order valence-electron chi connectivity index (χ2n) is 5.40. The maximum atomic E-state index is 12.4. The standard InChI is InChI=1S/C14H11IN2O9P2.4H3N/c15-7-1-4-11-10(5-7)14(18)17-13(16-11)9-3-2-8(25-27(19,20)21)6-12(9)26-28(22,23)24;;;;/h1-6H,(H,16,17,18)(H2,19,20,21)(H2,22,23,24);4*1H3/i15+0;;;;. The Bertz CT molecular complexity index is 1230. The molecule has 2 aromatic carbocycles. The Balaban J connectivity index is 0. The number of halogens is 1. The van der Waals surface area contributed by atoms with Crippen molar-refractivity contribution in [2.75, 3.05) is 0 Å². The number of nitrogens with zero attached hydrogens (tertiary/aromatic N) is 1. The third-order valence-corrected chi connectivity index (χ3v) is 4.87. The van der Waals surface area contributed by atoms with Crippen LogP contribution in [0.5, 0.6) is 11.5 Å². The van der Waals surface area contributed by atoms with Gasteiger partial charge in [-0.1, -0.05) is 0 Å². The quantitative estimate of drug-likeness (QED) is 0.149. The lowest BCUT2D eigenvalue weighted by molar-refractivity contribution is 0.280. The van der Waals surface area contributed by atoms with Gasteiger partial charge in [0.1, 0.15) is 17.3 Å². The third-order valence-electron chi connectivity index (χ3n) is 3.32. The highest BCUT2D eigenvalue weighted by molar-refractivity contribution is 14.1. The number of nitrogens with one attached hydrogen (secondary N) is 1. The molecule has 0 amide bonds. The lowest BCUT2D eigenvalue weighted by Crippen LogP contribution is -2.10. The molecule has 0 radical (unpaired) electrons. The van der Waals surface area contributed by atoms with Crippen LogP contribution in [-0.2, 0) is 9.13 Å². The highest BCUT2D eigenvalue weighted by Gasteiger charge is 2.23. The molecule has 0 spiro atoms. The predicted molar refractivity (Wildman–Crippen MR) is 126 cm³/mol. The molecule has 0 saturated carbocycles. The molecule has 180 valence electrons. The first kappa shape index (κ1) is 32.2. The average molecular weight is 608 g/mol. The average Bonchev–Trinajstić information content (AvgIpc) is 2.52. The minimum Gasteiger partial charge on any atom is -0.404 e. The number of benzene rings is 2. The van der Waals surface area contributed by atoms with Crippen molar-refractivity contribution in [3.63, 3.8) is 0 Å². The molecule has 0 aliphatic carbocycles. The molecule has 0 aliphatic heterocycles. The molecule has 3 rings (SSSR count). The molecule has 1 aromatic heterocycles. The fraction of sp³-hybridized carbons (Fsp3) is 0. The molecule has 17 N–H and O–H groups in total. The number of phosphoric ester groups is 2. The van der Waals surface area contributed by atoms with Crippen molar-refractivity contribution in [3.05, 3.63) is 50.3 Å². The number of aromatic nitrogens is 2. The number of phosphoric acid groups is 2. The van der Waals surface area contributed by atoms with Crippen LogP contribution in [0.1, 0.15) is 0 Å². The monoisotopic (exact) mass is 608 g/mol. The van der Waals surface area contributed by atoms with Gasteiger partial charge >= 0.3 is 15.6 Å². The van der Waals surface area contributed by atoms with Crippen LogP contribution in [0.2, 0.25) is 0 Å². The Kier molecular flexibility index (Phi) is 11.9. The van der Waals surface area contributed by atoms with E-state index in [0.29, 0.717) is 10.9 Å². The maximum absolute atomic E-state index is 12.4. The second kappa shape index (κ2) is 11.8. The summed E-state index contributed by atoms with van der Waals surface area (Å²) in [5, 5.41) is 0.314. The summed E-state index contributed by atoms with van der Waals surface area (Å²) in [6.45, 7) is 0. The van der Waals surface area contributed by atoms with E-state index in [0.717, 1.165) is 15.7 Å². The molecule has 0 saturated heterocycles. The van der Waals surface area contributed by atoms with Crippen LogP contribution in [0.15, 0.2) is 41.2 Å². The first-order chi connectivity index (χ1) is 12.9. The number of hydrogen-bond acceptors (Lipinski definition) is 10. The molecule has 0 bridgehead atoms. The molecule has 32 heavy (non-hydrogen) atoms. The number of H-pyrrole nitrogens is 1. The fourth-order valence-electron chi connectivity index (χ4n) is 2.33. The van der Waals surface area contributed by atoms with Crippen molar-refractivity contribution >= 4 is 49.1 Å². The van der Waals surface area contributed by atoms with Crippen molar-refractivity contribution < 1.29 is 37.8 Å². The fourth-order valence-corrected chi connectivity index (χ4v) is 3.62. The van der Waals surface area contributed by atoms with Crippen molar-refractivity contribution in [1.82, 2.24) is 34.6 Å². The van der Waals surface area contributed by atoms with Gasteiger partial charge in [0.15, 0.2) is 0 Å². The van der Waals surface area contributed by atoms with E-state index in [1.807, 2.05) is 22.6 Å². The van der Waals surface area contributed by atoms with Crippen molar-refractivity contribution in [3.8, 4) is 22.9 Å². The Hall–Kier alpha value is -1.95. The van der Waals surface area contributed by atoms with Crippen LogP contribution in [0.3, 0.4) is 0 Å². The highest BCUT2D eigenvalue weighted by Crippen LogP contribution is 2.45. The number of hydrogen-bond donors (Lipinski definition) is 9. The summed E-state index contributed by atoms with van der Waals surface area (Å²) in [5.41, 5.74) is -0.188. The predicted octanol–water partition coefficient (Wildman–Crippen LogP) is 2.79. The molecule has 15 nitrogen and oxygen atoms in total. The van der Waals surface area contributed by atoms with E-state index in [1.54, 1.807) is 18.2 Å². The molecule has 3 aromatic rings. The highest BCUT2D eigenvalue weighted by atomic mass is 127. The van der Waals surface area contributed by atoms with Crippen LogP contribution in [0, 0.1) is 3.57 Å². The molecule has 1 heterocycles. The van der Waals surface area contributed by atoms with E-state index in [-0.39, 0.29) is 36.0 Å². The topological polar surface area (TPSA) is 319 Å². The maximum Gasteiger partial charge on any atom is 0.524 e. The molecular weight excluding hydrogens is 585 g/mol. The van der Waals surface area contributed by atoms with Gasteiger partial charge < -0.3 is 38.6 Å². The van der Waals surface area contributed by atoms with Crippen LogP contribution in [0.4, 0.5) is 0 Å². The Morgan fingerprint density at radius 3 is 2.03 bits per heavy atom. The second-order valence-corrected chi connectivity index (χ2v) is 8.97. The van der Waals surface area contributed by atoms with Crippen LogP contribution in [-0.4, -0.2) is 29.5 Å². The normalized spacial score (nSPS) is 10.7. The zero-order valence-electron chi connectivity index (χ0n) is 16.3. The Morgan fingerprint density at radius 1 is 0.875 bits per heavy atom. The van der Waals surface area contributed by atoms with Gasteiger partial charge in [-0.2, -0.15) is 0 Å². The number of fused-ring (bicyclic) bond motifs is 1. The van der Waals surface area contributed by atoms with E-state index < -0.39 is 32.7 Å². The molecule has 18 heteroatoms. The van der Waals surface area contributed by atoms with Gasteiger partial charge in [0.05, 0.1) is 16.5 Å². The Labute approximate surface area is 194 Å². The van der Waals surface area contributed by atoms with Gasteiger partial charge in [-0.3, -0.25) is 24.4 Å². The molecule has 0 atom stereocenters. The minimum absolute atomic E-state index is 0. The van der Waals surface area contributed by atoms with Crippen LogP contribution >= 0.6 is 38.2 Å². The van der Waals surface area contributed by atoms with Crippen LogP contribution < -0.4 is 39.2 Å². The van der Waals surface area contributed by atoms with E-state index in [4.69, 9.17) is 19.6 Å². The summed E-state index contributed by atoms with van der Waals surface area (Å²) in [4.78, 5) is 55.1. The summed E-state index contributed by atoms with van der Waals surface area (Å²) in [6, 6.07) is 8.13. The van der Waals surface area contributed by atoms with Crippen molar-refractivity contribution in [1.29, 1.82) is 0 Å². The van der Waals surface area contributed by atoms with Gasteiger partial charge in [-0.05, 0) is 52.9 Å². The summed E-state index contributed by atoms with van der Waals surface area (Å²) in [6.07, 6.45) is 0. The summed E-state index contributed by atoms with van der Waals surface area (Å²) < 4.78 is 32.1. The lowest BCUT2D eigenvalue weighted by atomic mass is 10.1. The van der Waals surface area contributed by atoms with E-state index >= 15 is 0 Å². The first-order valence-corrected chi connectivity index (χ1v) is 11.4. The van der Waals surface area contributed by atoms with Gasteiger partial charge in [0.25, 0.3) is 5.56 Å². The smallest absolute Gasteiger partial charge is 0.404 e. The summed E-state index contributed by atoms with van der Waals surface area (Å²) >= 11 is 2.03. The summed E-state index contributed by atoms with van der Waals surface area (Å²) in [7, 11) is -9.96. The van der Waals surface area contributed by atoms with E-state index in [2.05, 4.69) is 19.0 Å². The third kappa shape index (κ3) is 8.19. The molecule has 0 fully saturated rings. The molecular formula is C14H23IN6O9P2. The largest absolute Gasteiger partial charge is 0.524 e. The van der Waals surface area contributed by atoms with Gasteiger partial charge in [0, 0.05) is 9.64 Å². The molecule has 0 unspecified atom stereocenters. The minimum atomic E-state index is -5.04. The van der Waals surface area contributed by atoms with Gasteiger partial charge in [-0.15, -0.1) is 0 Å². The van der Waals surface area contributed by atoms with Crippen molar-refractivity contribution in [2.24, 2.45) is 0 Å².